The molecule has 34 heavy (non-hydrogen) atoms. The molecule has 178 valence electrons. The number of hydrogen-bond acceptors (Lipinski definition) is 7. The number of anilines is 1. The van der Waals surface area contributed by atoms with Crippen molar-refractivity contribution < 1.29 is 18.0 Å². The van der Waals surface area contributed by atoms with Crippen LogP contribution in [0.4, 0.5) is 5.69 Å². The number of sulfone groups is 1. The molecule has 1 unspecified atom stereocenters. The molecule has 1 aliphatic heterocycles. The molecule has 11 nitrogen and oxygen atoms in total. The van der Waals surface area contributed by atoms with Crippen molar-refractivity contribution in [3.05, 3.63) is 74.8 Å². The van der Waals surface area contributed by atoms with Gasteiger partial charge in [-0.2, -0.15) is 0 Å². The Morgan fingerprint density at radius 3 is 2.32 bits per heavy atom. The molecule has 12 heteroatoms. The quantitative estimate of drug-likeness (QED) is 0.374. The van der Waals surface area contributed by atoms with E-state index in [2.05, 4.69) is 20.8 Å². The Morgan fingerprint density at radius 1 is 0.941 bits per heavy atom. The van der Waals surface area contributed by atoms with Crippen LogP contribution in [0, 0.1) is 0 Å². The zero-order chi connectivity index (χ0) is 24.3. The summed E-state index contributed by atoms with van der Waals surface area (Å²) in [5.41, 5.74) is -0.253. The van der Waals surface area contributed by atoms with Crippen LogP contribution < -0.4 is 21.8 Å². The van der Waals surface area contributed by atoms with Crippen molar-refractivity contribution in [1.29, 1.82) is 0 Å². The molecule has 4 rings (SSSR count). The van der Waals surface area contributed by atoms with Crippen molar-refractivity contribution in [2.45, 2.75) is 6.04 Å². The van der Waals surface area contributed by atoms with E-state index in [1.165, 1.54) is 18.2 Å². The smallest absolute Gasteiger partial charge is 0.272 e. The topological polar surface area (TPSA) is 161 Å². The summed E-state index contributed by atoms with van der Waals surface area (Å²) >= 11 is 0. The summed E-state index contributed by atoms with van der Waals surface area (Å²) in [6.45, 7) is 0.0233. The third-order valence-corrected chi connectivity index (χ3v) is 7.24. The van der Waals surface area contributed by atoms with Crippen LogP contribution in [0.2, 0.25) is 0 Å². The molecule has 2 heterocycles. The first-order valence-corrected chi connectivity index (χ1v) is 12.4. The Bertz CT molecular complexity index is 1430. The van der Waals surface area contributed by atoms with Crippen LogP contribution >= 0.6 is 0 Å². The van der Waals surface area contributed by atoms with Crippen molar-refractivity contribution in [3.63, 3.8) is 0 Å². The van der Waals surface area contributed by atoms with E-state index in [1.54, 1.807) is 29.2 Å². The molecule has 0 saturated carbocycles. The average molecular weight is 486 g/mol. The number of rotatable bonds is 6. The van der Waals surface area contributed by atoms with Crippen LogP contribution in [0.25, 0.3) is 10.8 Å². The fourth-order valence-electron chi connectivity index (χ4n) is 3.94. The van der Waals surface area contributed by atoms with Crippen LogP contribution in [0.5, 0.6) is 0 Å². The van der Waals surface area contributed by atoms with Gasteiger partial charge in [0.05, 0.1) is 34.5 Å². The third kappa shape index (κ3) is 5.07. The van der Waals surface area contributed by atoms with Crippen molar-refractivity contribution in [2.75, 3.05) is 36.5 Å². The lowest BCUT2D eigenvalue weighted by molar-refractivity contribution is -0.128. The first kappa shape index (κ1) is 23.4. The highest BCUT2D eigenvalue weighted by molar-refractivity contribution is 7.91. The van der Waals surface area contributed by atoms with E-state index in [0.717, 1.165) is 0 Å². The van der Waals surface area contributed by atoms with Gasteiger partial charge in [-0.15, -0.1) is 0 Å². The number of benzene rings is 2. The molecule has 1 saturated heterocycles. The minimum Gasteiger partial charge on any atom is -0.345 e. The highest BCUT2D eigenvalue weighted by atomic mass is 32.2. The highest BCUT2D eigenvalue weighted by Gasteiger charge is 2.32. The summed E-state index contributed by atoms with van der Waals surface area (Å²) in [6, 6.07) is 12.6. The lowest BCUT2D eigenvalue weighted by Gasteiger charge is -2.33. The molecule has 0 spiro atoms. The van der Waals surface area contributed by atoms with E-state index in [1.807, 2.05) is 6.07 Å². The van der Waals surface area contributed by atoms with E-state index < -0.39 is 38.8 Å². The van der Waals surface area contributed by atoms with Gasteiger partial charge in [0.2, 0.25) is 11.8 Å². The van der Waals surface area contributed by atoms with Gasteiger partial charge >= 0.3 is 0 Å². The largest absolute Gasteiger partial charge is 0.345 e. The van der Waals surface area contributed by atoms with Gasteiger partial charge in [-0.05, 0) is 17.7 Å². The number of carbonyl (C=O) groups is 2. The van der Waals surface area contributed by atoms with Crippen molar-refractivity contribution in [2.24, 2.45) is 0 Å². The van der Waals surface area contributed by atoms with E-state index in [-0.39, 0.29) is 47.6 Å². The minimum absolute atomic E-state index is 0.0302. The van der Waals surface area contributed by atoms with Gasteiger partial charge in [0, 0.05) is 13.1 Å². The SMILES string of the molecule is O=C(CNC(=O)C(c1ccccc1)N1CCS(=O)(=O)CC1)Nc1cccc2c(=O)[nH][nH]c(=O)c12. The Labute approximate surface area is 194 Å². The lowest BCUT2D eigenvalue weighted by atomic mass is 10.0. The number of aromatic amines is 2. The predicted molar refractivity (Wildman–Crippen MR) is 126 cm³/mol. The molecule has 1 aliphatic rings. The second kappa shape index (κ2) is 9.61. The molecule has 2 amide bonds. The molecule has 2 aromatic carbocycles. The molecule has 0 radical (unpaired) electrons. The summed E-state index contributed by atoms with van der Waals surface area (Å²) in [5, 5.41) is 9.75. The van der Waals surface area contributed by atoms with Crippen LogP contribution in [0.15, 0.2) is 58.1 Å². The molecule has 0 aliphatic carbocycles. The van der Waals surface area contributed by atoms with Gasteiger partial charge in [-0.25, -0.2) is 8.42 Å². The van der Waals surface area contributed by atoms with Crippen LogP contribution in [-0.2, 0) is 19.4 Å². The number of H-pyrrole nitrogens is 2. The normalized spacial score (nSPS) is 16.6. The van der Waals surface area contributed by atoms with Crippen LogP contribution in [-0.4, -0.2) is 66.5 Å². The fourth-order valence-corrected chi connectivity index (χ4v) is 5.17. The molecular formula is C22H23N5O6S. The second-order valence-electron chi connectivity index (χ2n) is 7.90. The van der Waals surface area contributed by atoms with Gasteiger partial charge in [0.15, 0.2) is 9.84 Å². The maximum Gasteiger partial charge on any atom is 0.272 e. The summed E-state index contributed by atoms with van der Waals surface area (Å²) in [7, 11) is -3.13. The predicted octanol–water partition coefficient (Wildman–Crippen LogP) is -0.257. The molecule has 1 fully saturated rings. The summed E-state index contributed by atoms with van der Waals surface area (Å²) in [5.74, 6) is -1.13. The number of carbonyl (C=O) groups excluding carboxylic acids is 2. The van der Waals surface area contributed by atoms with E-state index in [9.17, 15) is 27.6 Å². The molecule has 4 N–H and O–H groups in total. The number of nitrogens with one attached hydrogen (secondary N) is 4. The number of nitrogens with zero attached hydrogens (tertiary/aromatic N) is 1. The zero-order valence-electron chi connectivity index (χ0n) is 18.0. The van der Waals surface area contributed by atoms with Crippen molar-refractivity contribution >= 4 is 38.1 Å². The first-order chi connectivity index (χ1) is 16.2. The van der Waals surface area contributed by atoms with Crippen LogP contribution in [0.3, 0.4) is 0 Å². The monoisotopic (exact) mass is 485 g/mol. The van der Waals surface area contributed by atoms with Crippen LogP contribution in [0.1, 0.15) is 11.6 Å². The van der Waals surface area contributed by atoms with Crippen molar-refractivity contribution in [3.8, 4) is 0 Å². The van der Waals surface area contributed by atoms with Gasteiger partial charge < -0.3 is 10.6 Å². The second-order valence-corrected chi connectivity index (χ2v) is 10.2. The average Bonchev–Trinajstić information content (AvgIpc) is 2.82. The van der Waals surface area contributed by atoms with E-state index in [4.69, 9.17) is 0 Å². The number of fused-ring (bicyclic) bond motifs is 1. The summed E-state index contributed by atoms with van der Waals surface area (Å²) in [6.07, 6.45) is 0. The minimum atomic E-state index is -3.13. The Kier molecular flexibility index (Phi) is 6.61. The summed E-state index contributed by atoms with van der Waals surface area (Å²) in [4.78, 5) is 51.5. The van der Waals surface area contributed by atoms with Crippen molar-refractivity contribution in [1.82, 2.24) is 20.4 Å². The standard InChI is InChI=1S/C22H23N5O6S/c28-17(24-16-8-4-7-15-18(16)21(30)26-25-20(15)29)13-23-22(31)19(14-5-2-1-3-6-14)27-9-11-34(32,33)12-10-27/h1-8,19H,9-13H2,(H,23,31)(H,24,28)(H,25,29)(H,26,30). The van der Waals surface area contributed by atoms with E-state index >= 15 is 0 Å². The van der Waals surface area contributed by atoms with Gasteiger partial charge in [0.1, 0.15) is 6.04 Å². The number of amides is 2. The maximum atomic E-state index is 13.1. The van der Waals surface area contributed by atoms with Gasteiger partial charge in [0.25, 0.3) is 11.1 Å². The molecule has 1 atom stereocenters. The van der Waals surface area contributed by atoms with E-state index in [0.29, 0.717) is 5.56 Å². The number of aromatic nitrogens is 2. The third-order valence-electron chi connectivity index (χ3n) is 5.63. The number of hydrogen-bond donors (Lipinski definition) is 4. The first-order valence-electron chi connectivity index (χ1n) is 10.6. The molecule has 1 aromatic heterocycles. The zero-order valence-corrected chi connectivity index (χ0v) is 18.9. The molecule has 0 bridgehead atoms. The fraction of sp³-hybridized carbons (Fsp3) is 0.273. The molecule has 3 aromatic rings. The molecular weight excluding hydrogens is 462 g/mol. The summed E-state index contributed by atoms with van der Waals surface area (Å²) < 4.78 is 23.7. The van der Waals surface area contributed by atoms with Gasteiger partial charge in [-0.1, -0.05) is 36.4 Å². The maximum absolute atomic E-state index is 13.1. The Balaban J connectivity index is 1.48. The Morgan fingerprint density at radius 2 is 1.62 bits per heavy atom. The van der Waals surface area contributed by atoms with Gasteiger partial charge in [-0.3, -0.25) is 34.3 Å². The Hall–Kier alpha value is -3.77. The highest BCUT2D eigenvalue weighted by Crippen LogP contribution is 2.23. The lowest BCUT2D eigenvalue weighted by Crippen LogP contribution is -2.48.